The molecular weight excluding hydrogens is 200 g/mol. The number of nitrogens with zero attached hydrogens (tertiary/aromatic N) is 1. The third-order valence-electron chi connectivity index (χ3n) is 3.28. The van der Waals surface area contributed by atoms with Crippen molar-refractivity contribution in [3.8, 4) is 0 Å². The summed E-state index contributed by atoms with van der Waals surface area (Å²) in [7, 11) is 0. The number of aryl methyl sites for hydroxylation is 1. The van der Waals surface area contributed by atoms with Gasteiger partial charge in [0.25, 0.3) is 0 Å². The summed E-state index contributed by atoms with van der Waals surface area (Å²) in [6.07, 6.45) is 3.18. The van der Waals surface area contributed by atoms with Gasteiger partial charge in [-0.05, 0) is 37.8 Å². The normalized spacial score (nSPS) is 24.9. The van der Waals surface area contributed by atoms with Crippen molar-refractivity contribution in [1.29, 1.82) is 0 Å². The number of aliphatic hydroxyl groups excluding tert-OH is 1. The van der Waals surface area contributed by atoms with Gasteiger partial charge in [0.05, 0.1) is 11.8 Å². The molecular formula is C13H20N2O. The monoisotopic (exact) mass is 220 g/mol. The van der Waals surface area contributed by atoms with E-state index in [4.69, 9.17) is 0 Å². The first-order chi connectivity index (χ1) is 7.75. The van der Waals surface area contributed by atoms with Crippen LogP contribution in [0.4, 0.5) is 0 Å². The van der Waals surface area contributed by atoms with Crippen LogP contribution >= 0.6 is 0 Å². The topological polar surface area (TPSA) is 45.1 Å². The van der Waals surface area contributed by atoms with Gasteiger partial charge in [0.1, 0.15) is 0 Å². The molecule has 16 heavy (non-hydrogen) atoms. The first kappa shape index (κ1) is 11.6. The smallest absolute Gasteiger partial charge is 0.0580 e. The molecule has 2 unspecified atom stereocenters. The van der Waals surface area contributed by atoms with E-state index in [1.807, 2.05) is 25.1 Å². The molecule has 1 aromatic heterocycles. The van der Waals surface area contributed by atoms with Crippen LogP contribution < -0.4 is 5.32 Å². The maximum absolute atomic E-state index is 9.67. The summed E-state index contributed by atoms with van der Waals surface area (Å²) in [5.74, 6) is 0.435. The van der Waals surface area contributed by atoms with Gasteiger partial charge in [-0.15, -0.1) is 0 Å². The number of aliphatic hydroxyl groups is 1. The zero-order chi connectivity index (χ0) is 11.4. The Kier molecular flexibility index (Phi) is 3.91. The van der Waals surface area contributed by atoms with Crippen molar-refractivity contribution in [3.63, 3.8) is 0 Å². The molecule has 2 atom stereocenters. The summed E-state index contributed by atoms with van der Waals surface area (Å²) in [5, 5.41) is 13.1. The van der Waals surface area contributed by atoms with Gasteiger partial charge in [0.15, 0.2) is 0 Å². The average molecular weight is 220 g/mol. The number of pyridine rings is 1. The summed E-state index contributed by atoms with van der Waals surface area (Å²) in [5.41, 5.74) is 2.13. The summed E-state index contributed by atoms with van der Waals surface area (Å²) >= 11 is 0. The Bertz CT molecular complexity index is 340. The van der Waals surface area contributed by atoms with E-state index in [9.17, 15) is 5.11 Å². The summed E-state index contributed by atoms with van der Waals surface area (Å²) in [4.78, 5) is 4.43. The van der Waals surface area contributed by atoms with Gasteiger partial charge in [-0.3, -0.25) is 4.98 Å². The Morgan fingerprint density at radius 1 is 1.44 bits per heavy atom. The molecule has 1 fully saturated rings. The van der Waals surface area contributed by atoms with Crippen molar-refractivity contribution >= 4 is 0 Å². The van der Waals surface area contributed by atoms with Gasteiger partial charge < -0.3 is 10.4 Å². The summed E-state index contributed by atoms with van der Waals surface area (Å²) in [6, 6.07) is 6.07. The molecule has 0 amide bonds. The zero-order valence-electron chi connectivity index (χ0n) is 9.82. The molecule has 0 spiro atoms. The van der Waals surface area contributed by atoms with Gasteiger partial charge in [0, 0.05) is 18.8 Å². The maximum atomic E-state index is 9.67. The highest BCUT2D eigenvalue weighted by Crippen LogP contribution is 2.24. The Labute approximate surface area is 96.9 Å². The molecule has 3 nitrogen and oxygen atoms in total. The SMILES string of the molecule is Cc1cccc(CNCC2CCCC2O)n1. The van der Waals surface area contributed by atoms with Crippen LogP contribution in [0.15, 0.2) is 18.2 Å². The Balaban J connectivity index is 1.75. The second-order valence-electron chi connectivity index (χ2n) is 4.66. The van der Waals surface area contributed by atoms with E-state index in [1.165, 1.54) is 0 Å². The molecule has 0 radical (unpaired) electrons. The summed E-state index contributed by atoms with van der Waals surface area (Å²) in [6.45, 7) is 3.70. The van der Waals surface area contributed by atoms with Crippen molar-refractivity contribution in [2.24, 2.45) is 5.92 Å². The van der Waals surface area contributed by atoms with E-state index in [1.54, 1.807) is 0 Å². The van der Waals surface area contributed by atoms with Gasteiger partial charge in [-0.2, -0.15) is 0 Å². The average Bonchev–Trinajstić information content (AvgIpc) is 2.65. The Morgan fingerprint density at radius 2 is 2.31 bits per heavy atom. The first-order valence-corrected chi connectivity index (χ1v) is 6.07. The fourth-order valence-corrected chi connectivity index (χ4v) is 2.34. The van der Waals surface area contributed by atoms with Crippen molar-refractivity contribution in [1.82, 2.24) is 10.3 Å². The number of aromatic nitrogens is 1. The van der Waals surface area contributed by atoms with Crippen LogP contribution in [0.25, 0.3) is 0 Å². The quantitative estimate of drug-likeness (QED) is 0.811. The molecule has 1 aromatic rings. The van der Waals surface area contributed by atoms with E-state index >= 15 is 0 Å². The van der Waals surface area contributed by atoms with Crippen LogP contribution in [0.2, 0.25) is 0 Å². The van der Waals surface area contributed by atoms with Crippen molar-refractivity contribution < 1.29 is 5.11 Å². The molecule has 88 valence electrons. The zero-order valence-corrected chi connectivity index (χ0v) is 9.82. The largest absolute Gasteiger partial charge is 0.393 e. The molecule has 3 heteroatoms. The van der Waals surface area contributed by atoms with Crippen LogP contribution in [0.1, 0.15) is 30.7 Å². The third-order valence-corrected chi connectivity index (χ3v) is 3.28. The molecule has 2 rings (SSSR count). The lowest BCUT2D eigenvalue weighted by atomic mass is 10.1. The minimum Gasteiger partial charge on any atom is -0.393 e. The lowest BCUT2D eigenvalue weighted by Gasteiger charge is -2.14. The number of rotatable bonds is 4. The van der Waals surface area contributed by atoms with E-state index < -0.39 is 0 Å². The number of hydrogen-bond acceptors (Lipinski definition) is 3. The lowest BCUT2D eigenvalue weighted by Crippen LogP contribution is -2.27. The lowest BCUT2D eigenvalue weighted by molar-refractivity contribution is 0.131. The standard InChI is InChI=1S/C13H20N2O/c1-10-4-2-6-12(15-10)9-14-8-11-5-3-7-13(11)16/h2,4,6,11,13-14,16H,3,5,7-9H2,1H3. The van der Waals surface area contributed by atoms with E-state index in [2.05, 4.69) is 10.3 Å². The van der Waals surface area contributed by atoms with Crippen molar-refractivity contribution in [2.75, 3.05) is 6.54 Å². The minimum atomic E-state index is -0.0991. The second kappa shape index (κ2) is 5.41. The predicted molar refractivity (Wildman–Crippen MR) is 64.0 cm³/mol. The second-order valence-corrected chi connectivity index (χ2v) is 4.66. The third kappa shape index (κ3) is 3.03. The van der Waals surface area contributed by atoms with Gasteiger partial charge in [-0.1, -0.05) is 12.5 Å². The molecule has 1 saturated carbocycles. The van der Waals surface area contributed by atoms with E-state index in [0.29, 0.717) is 5.92 Å². The molecule has 1 aliphatic rings. The van der Waals surface area contributed by atoms with Crippen molar-refractivity contribution in [2.45, 2.75) is 38.8 Å². The Morgan fingerprint density at radius 3 is 3.00 bits per heavy atom. The van der Waals surface area contributed by atoms with Gasteiger partial charge in [-0.25, -0.2) is 0 Å². The van der Waals surface area contributed by atoms with Crippen LogP contribution in [-0.2, 0) is 6.54 Å². The van der Waals surface area contributed by atoms with Gasteiger partial charge >= 0.3 is 0 Å². The molecule has 0 aliphatic heterocycles. The minimum absolute atomic E-state index is 0.0991. The molecule has 2 N–H and O–H groups in total. The van der Waals surface area contributed by atoms with Crippen LogP contribution in [0.3, 0.4) is 0 Å². The van der Waals surface area contributed by atoms with Crippen molar-refractivity contribution in [3.05, 3.63) is 29.6 Å². The van der Waals surface area contributed by atoms with E-state index in [-0.39, 0.29) is 6.10 Å². The highest BCUT2D eigenvalue weighted by molar-refractivity contribution is 5.09. The van der Waals surface area contributed by atoms with Crippen LogP contribution in [0, 0.1) is 12.8 Å². The molecule has 1 aliphatic carbocycles. The summed E-state index contributed by atoms with van der Waals surface area (Å²) < 4.78 is 0. The van der Waals surface area contributed by atoms with Crippen LogP contribution in [0.5, 0.6) is 0 Å². The van der Waals surface area contributed by atoms with E-state index in [0.717, 1.165) is 43.7 Å². The first-order valence-electron chi connectivity index (χ1n) is 6.07. The fraction of sp³-hybridized carbons (Fsp3) is 0.615. The van der Waals surface area contributed by atoms with Gasteiger partial charge in [0.2, 0.25) is 0 Å². The van der Waals surface area contributed by atoms with Crippen LogP contribution in [-0.4, -0.2) is 22.7 Å². The number of nitrogens with one attached hydrogen (secondary N) is 1. The molecule has 0 saturated heterocycles. The fourth-order valence-electron chi connectivity index (χ4n) is 2.34. The molecule has 0 aromatic carbocycles. The maximum Gasteiger partial charge on any atom is 0.0580 e. The predicted octanol–water partition coefficient (Wildman–Crippen LogP) is 1.64. The molecule has 0 bridgehead atoms. The highest BCUT2D eigenvalue weighted by Gasteiger charge is 2.24. The Hall–Kier alpha value is -0.930. The molecule has 1 heterocycles. The number of hydrogen-bond donors (Lipinski definition) is 2. The highest BCUT2D eigenvalue weighted by atomic mass is 16.3.